The Balaban J connectivity index is 3.97. The van der Waals surface area contributed by atoms with Gasteiger partial charge in [-0.3, -0.25) is 4.79 Å². The molecule has 0 fully saturated rings. The van der Waals surface area contributed by atoms with Crippen LogP contribution in [-0.2, 0) is 14.6 Å². The Labute approximate surface area is 96.8 Å². The normalized spacial score (nSPS) is 11.1. The summed E-state index contributed by atoms with van der Waals surface area (Å²) >= 11 is 0. The van der Waals surface area contributed by atoms with Gasteiger partial charge in [-0.1, -0.05) is 13.8 Å². The third kappa shape index (κ3) is 8.24. The summed E-state index contributed by atoms with van der Waals surface area (Å²) in [5, 5.41) is 10.8. The van der Waals surface area contributed by atoms with Crippen LogP contribution in [0.15, 0.2) is 0 Å². The van der Waals surface area contributed by atoms with Gasteiger partial charge in [-0.2, -0.15) is 5.26 Å². The molecule has 0 bridgehead atoms. The summed E-state index contributed by atoms with van der Waals surface area (Å²) in [6, 6.07) is 1.87. The maximum atomic E-state index is 11.4. The van der Waals surface area contributed by atoms with Crippen LogP contribution in [0.5, 0.6) is 0 Å². The van der Waals surface area contributed by atoms with Crippen LogP contribution in [0.2, 0.25) is 0 Å². The summed E-state index contributed by atoms with van der Waals surface area (Å²) in [5.74, 6) is -0.753. The average Bonchev–Trinajstić information content (AvgIpc) is 2.14. The number of amides is 1. The number of hydrogen-bond acceptors (Lipinski definition) is 4. The molecule has 16 heavy (non-hydrogen) atoms. The van der Waals surface area contributed by atoms with Crippen LogP contribution in [0.25, 0.3) is 0 Å². The van der Waals surface area contributed by atoms with E-state index in [1.165, 1.54) is 0 Å². The van der Waals surface area contributed by atoms with E-state index >= 15 is 0 Å². The van der Waals surface area contributed by atoms with Crippen LogP contribution in [0.1, 0.15) is 26.7 Å². The second-order valence-electron chi connectivity index (χ2n) is 4.05. The molecule has 0 saturated heterocycles. The highest BCUT2D eigenvalue weighted by atomic mass is 32.2. The molecular weight excluding hydrogens is 228 g/mol. The molecule has 0 aliphatic carbocycles. The quantitative estimate of drug-likeness (QED) is 0.662. The van der Waals surface area contributed by atoms with E-state index in [4.69, 9.17) is 5.26 Å². The molecule has 0 aliphatic rings. The van der Waals surface area contributed by atoms with Gasteiger partial charge in [-0.15, -0.1) is 0 Å². The first-order chi connectivity index (χ1) is 7.37. The van der Waals surface area contributed by atoms with Crippen LogP contribution in [-0.4, -0.2) is 32.4 Å². The van der Waals surface area contributed by atoms with E-state index < -0.39 is 21.5 Å². The predicted octanol–water partition coefficient (Wildman–Crippen LogP) is 0.477. The zero-order chi connectivity index (χ0) is 12.6. The lowest BCUT2D eigenvalue weighted by molar-refractivity contribution is -0.118. The lowest BCUT2D eigenvalue weighted by Crippen LogP contribution is -2.33. The molecule has 6 heteroatoms. The maximum absolute atomic E-state index is 11.4. The summed E-state index contributed by atoms with van der Waals surface area (Å²) in [5.41, 5.74) is 0. The van der Waals surface area contributed by atoms with Gasteiger partial charge < -0.3 is 5.32 Å². The van der Waals surface area contributed by atoms with E-state index in [0.29, 0.717) is 12.5 Å². The molecule has 0 aromatic heterocycles. The van der Waals surface area contributed by atoms with E-state index in [0.717, 1.165) is 0 Å². The minimum Gasteiger partial charge on any atom is -0.355 e. The molecule has 0 heterocycles. The summed E-state index contributed by atoms with van der Waals surface area (Å²) < 4.78 is 22.8. The molecule has 0 atom stereocenters. The van der Waals surface area contributed by atoms with Gasteiger partial charge in [-0.25, -0.2) is 8.42 Å². The molecule has 0 spiro atoms. The number of rotatable bonds is 7. The molecule has 0 aromatic rings. The second kappa shape index (κ2) is 7.23. The van der Waals surface area contributed by atoms with E-state index in [-0.39, 0.29) is 18.6 Å². The van der Waals surface area contributed by atoms with Gasteiger partial charge in [0.1, 0.15) is 5.75 Å². The third-order valence-electron chi connectivity index (χ3n) is 1.80. The Bertz CT molecular complexity index is 355. The van der Waals surface area contributed by atoms with Gasteiger partial charge in [0.25, 0.3) is 0 Å². The van der Waals surface area contributed by atoms with E-state index in [9.17, 15) is 13.2 Å². The van der Waals surface area contributed by atoms with Crippen molar-refractivity contribution < 1.29 is 13.2 Å². The van der Waals surface area contributed by atoms with Crippen LogP contribution >= 0.6 is 0 Å². The predicted molar refractivity (Wildman–Crippen MR) is 61.3 cm³/mol. The van der Waals surface area contributed by atoms with E-state index in [1.807, 2.05) is 19.9 Å². The number of nitrogens with one attached hydrogen (secondary N) is 1. The van der Waals surface area contributed by atoms with Crippen molar-refractivity contribution >= 4 is 15.7 Å². The largest absolute Gasteiger partial charge is 0.355 e. The molecular formula is C10H18N2O3S. The number of sulfone groups is 1. The van der Waals surface area contributed by atoms with Crippen molar-refractivity contribution in [1.29, 1.82) is 5.26 Å². The summed E-state index contributed by atoms with van der Waals surface area (Å²) in [6.07, 6.45) is 0.489. The average molecular weight is 246 g/mol. The molecule has 0 aromatic carbocycles. The van der Waals surface area contributed by atoms with Crippen molar-refractivity contribution in [2.75, 3.05) is 18.1 Å². The highest BCUT2D eigenvalue weighted by Gasteiger charge is 2.15. The second-order valence-corrected chi connectivity index (χ2v) is 6.24. The maximum Gasteiger partial charge on any atom is 0.235 e. The van der Waals surface area contributed by atoms with Crippen molar-refractivity contribution in [2.45, 2.75) is 26.7 Å². The number of nitriles is 1. The zero-order valence-corrected chi connectivity index (χ0v) is 10.5. The SMILES string of the molecule is CC(C)CNC(=O)CS(=O)(=O)CCCC#N. The number of nitrogens with zero attached hydrogens (tertiary/aromatic N) is 1. The van der Waals surface area contributed by atoms with Gasteiger partial charge in [0.2, 0.25) is 5.91 Å². The molecule has 92 valence electrons. The summed E-state index contributed by atoms with van der Waals surface area (Å²) in [4.78, 5) is 11.2. The lowest BCUT2D eigenvalue weighted by atomic mass is 10.2. The van der Waals surface area contributed by atoms with Gasteiger partial charge in [-0.05, 0) is 12.3 Å². The first-order valence-electron chi connectivity index (χ1n) is 5.21. The number of carbonyl (C=O) groups excluding carboxylic acids is 1. The van der Waals surface area contributed by atoms with Crippen molar-refractivity contribution in [3.8, 4) is 6.07 Å². The molecule has 0 unspecified atom stereocenters. The van der Waals surface area contributed by atoms with E-state index in [2.05, 4.69) is 5.32 Å². The van der Waals surface area contributed by atoms with Gasteiger partial charge in [0, 0.05) is 13.0 Å². The van der Waals surface area contributed by atoms with E-state index in [1.54, 1.807) is 0 Å². The minimum atomic E-state index is -3.36. The topological polar surface area (TPSA) is 87.0 Å². The van der Waals surface area contributed by atoms with Crippen molar-refractivity contribution in [3.63, 3.8) is 0 Å². The summed E-state index contributed by atoms with van der Waals surface area (Å²) in [7, 11) is -3.36. The molecule has 1 N–H and O–H groups in total. The Kier molecular flexibility index (Phi) is 6.74. The minimum absolute atomic E-state index is 0.102. The molecule has 0 saturated carbocycles. The first kappa shape index (κ1) is 14.9. The zero-order valence-electron chi connectivity index (χ0n) is 9.69. The fraction of sp³-hybridized carbons (Fsp3) is 0.800. The van der Waals surface area contributed by atoms with Gasteiger partial charge in [0.15, 0.2) is 9.84 Å². The molecule has 0 aliphatic heterocycles. The Morgan fingerprint density at radius 2 is 2.06 bits per heavy atom. The highest BCUT2D eigenvalue weighted by Crippen LogP contribution is 1.97. The third-order valence-corrected chi connectivity index (χ3v) is 3.42. The molecule has 1 amide bonds. The van der Waals surface area contributed by atoms with Crippen LogP contribution in [0, 0.1) is 17.2 Å². The van der Waals surface area contributed by atoms with Gasteiger partial charge in [0.05, 0.1) is 11.8 Å². The number of unbranched alkanes of at least 4 members (excludes halogenated alkanes) is 1. The van der Waals surface area contributed by atoms with Crippen LogP contribution in [0.4, 0.5) is 0 Å². The summed E-state index contributed by atoms with van der Waals surface area (Å²) in [6.45, 7) is 4.34. The van der Waals surface area contributed by atoms with Crippen LogP contribution in [0.3, 0.4) is 0 Å². The first-order valence-corrected chi connectivity index (χ1v) is 7.03. The Morgan fingerprint density at radius 3 is 2.56 bits per heavy atom. The van der Waals surface area contributed by atoms with Crippen molar-refractivity contribution in [1.82, 2.24) is 5.32 Å². The highest BCUT2D eigenvalue weighted by molar-refractivity contribution is 7.92. The van der Waals surface area contributed by atoms with Crippen molar-refractivity contribution in [2.24, 2.45) is 5.92 Å². The fourth-order valence-corrected chi connectivity index (χ4v) is 2.24. The smallest absolute Gasteiger partial charge is 0.235 e. The number of hydrogen-bond donors (Lipinski definition) is 1. The van der Waals surface area contributed by atoms with Crippen molar-refractivity contribution in [3.05, 3.63) is 0 Å². The fourth-order valence-electron chi connectivity index (χ4n) is 1.01. The standard InChI is InChI=1S/C10H18N2O3S/c1-9(2)7-12-10(13)8-16(14,15)6-4-3-5-11/h9H,3-4,6-8H2,1-2H3,(H,12,13). The lowest BCUT2D eigenvalue weighted by Gasteiger charge is -2.07. The number of carbonyl (C=O) groups is 1. The molecule has 0 rings (SSSR count). The van der Waals surface area contributed by atoms with Gasteiger partial charge >= 0.3 is 0 Å². The Morgan fingerprint density at radius 1 is 1.44 bits per heavy atom. The van der Waals surface area contributed by atoms with Crippen LogP contribution < -0.4 is 5.32 Å². The molecule has 0 radical (unpaired) electrons. The molecule has 5 nitrogen and oxygen atoms in total. The Hall–Kier alpha value is -1.09. The monoisotopic (exact) mass is 246 g/mol.